The van der Waals surface area contributed by atoms with Crippen molar-refractivity contribution in [2.24, 2.45) is 10.9 Å². The van der Waals surface area contributed by atoms with Crippen LogP contribution in [0.25, 0.3) is 10.9 Å². The Balaban J connectivity index is 2.08. The second kappa shape index (κ2) is 5.41. The Morgan fingerprint density at radius 2 is 1.86 bits per heavy atom. The summed E-state index contributed by atoms with van der Waals surface area (Å²) in [6, 6.07) is 9.31. The van der Waals surface area contributed by atoms with Crippen molar-refractivity contribution >= 4 is 16.7 Å². The van der Waals surface area contributed by atoms with E-state index in [9.17, 15) is 0 Å². The van der Waals surface area contributed by atoms with Crippen LogP contribution in [0, 0.1) is 0 Å². The summed E-state index contributed by atoms with van der Waals surface area (Å²) in [5, 5.41) is 12.6. The van der Waals surface area contributed by atoms with Crippen LogP contribution in [0.3, 0.4) is 0 Å². The third kappa shape index (κ3) is 2.44. The van der Waals surface area contributed by atoms with E-state index in [1.807, 2.05) is 24.3 Å². The predicted molar refractivity (Wildman–Crippen MR) is 76.4 cm³/mol. The monoisotopic (exact) mass is 281 g/mol. The molecule has 0 radical (unpaired) electrons. The molecule has 7 nitrogen and oxygen atoms in total. The standard InChI is InChI=1S/C14H11N5O2/c15-13(19-20)12-14(18-8-7-17-12)21-10-5-1-3-9-4-2-6-16-11(9)10/h1-8,20H,(H2,15,19). The SMILES string of the molecule is NC(=NO)c1nccnc1Oc1cccc2cccnc12. The van der Waals surface area contributed by atoms with Gasteiger partial charge in [-0.3, -0.25) is 4.98 Å². The topological polar surface area (TPSA) is 107 Å². The highest BCUT2D eigenvalue weighted by molar-refractivity contribution is 5.97. The van der Waals surface area contributed by atoms with E-state index in [-0.39, 0.29) is 17.4 Å². The van der Waals surface area contributed by atoms with Gasteiger partial charge in [-0.05, 0) is 12.1 Å². The van der Waals surface area contributed by atoms with Gasteiger partial charge in [0.15, 0.2) is 17.3 Å². The lowest BCUT2D eigenvalue weighted by molar-refractivity contribution is 0.318. The van der Waals surface area contributed by atoms with Gasteiger partial charge in [-0.15, -0.1) is 0 Å². The number of hydrogen-bond donors (Lipinski definition) is 2. The van der Waals surface area contributed by atoms with Gasteiger partial charge in [-0.2, -0.15) is 0 Å². The number of nitrogens with two attached hydrogens (primary N) is 1. The van der Waals surface area contributed by atoms with E-state index in [1.54, 1.807) is 12.3 Å². The first-order valence-corrected chi connectivity index (χ1v) is 6.10. The molecule has 0 aliphatic rings. The molecule has 2 aromatic heterocycles. The maximum atomic E-state index is 8.78. The number of nitrogens with zero attached hydrogens (tertiary/aromatic N) is 4. The van der Waals surface area contributed by atoms with Crippen LogP contribution >= 0.6 is 0 Å². The fourth-order valence-electron chi connectivity index (χ4n) is 1.89. The van der Waals surface area contributed by atoms with Gasteiger partial charge < -0.3 is 15.7 Å². The largest absolute Gasteiger partial charge is 0.435 e. The molecule has 3 rings (SSSR count). The van der Waals surface area contributed by atoms with Crippen LogP contribution in [0.4, 0.5) is 0 Å². The molecular formula is C14H11N5O2. The molecule has 2 heterocycles. The van der Waals surface area contributed by atoms with Gasteiger partial charge in [0.2, 0.25) is 5.88 Å². The van der Waals surface area contributed by atoms with Crippen LogP contribution in [0.1, 0.15) is 5.69 Å². The minimum Gasteiger partial charge on any atom is -0.435 e. The Labute approximate surface area is 119 Å². The van der Waals surface area contributed by atoms with Gasteiger partial charge in [-0.1, -0.05) is 23.4 Å². The zero-order valence-corrected chi connectivity index (χ0v) is 10.8. The molecular weight excluding hydrogens is 270 g/mol. The van der Waals surface area contributed by atoms with Gasteiger partial charge in [0.1, 0.15) is 5.52 Å². The number of ether oxygens (including phenoxy) is 1. The first-order chi connectivity index (χ1) is 10.3. The number of benzene rings is 1. The second-order valence-corrected chi connectivity index (χ2v) is 4.13. The van der Waals surface area contributed by atoms with Crippen molar-refractivity contribution in [3.8, 4) is 11.6 Å². The molecule has 7 heteroatoms. The third-order valence-corrected chi connectivity index (χ3v) is 2.82. The minimum atomic E-state index is -0.175. The molecule has 0 aliphatic carbocycles. The predicted octanol–water partition coefficient (Wildman–Crippen LogP) is 1.91. The highest BCUT2D eigenvalue weighted by Crippen LogP contribution is 2.28. The van der Waals surface area contributed by atoms with Crippen molar-refractivity contribution in [1.82, 2.24) is 15.0 Å². The Morgan fingerprint density at radius 3 is 2.71 bits per heavy atom. The molecule has 0 saturated heterocycles. The van der Waals surface area contributed by atoms with Crippen LogP contribution < -0.4 is 10.5 Å². The smallest absolute Gasteiger partial charge is 0.249 e. The Morgan fingerprint density at radius 1 is 1.05 bits per heavy atom. The lowest BCUT2D eigenvalue weighted by Gasteiger charge is -2.09. The second-order valence-electron chi connectivity index (χ2n) is 4.13. The van der Waals surface area contributed by atoms with Gasteiger partial charge in [0.25, 0.3) is 0 Å². The Hall–Kier alpha value is -3.22. The number of oxime groups is 1. The van der Waals surface area contributed by atoms with E-state index in [1.165, 1.54) is 12.4 Å². The minimum absolute atomic E-state index is 0.144. The van der Waals surface area contributed by atoms with Crippen molar-refractivity contribution in [2.75, 3.05) is 0 Å². The third-order valence-electron chi connectivity index (χ3n) is 2.82. The lowest BCUT2D eigenvalue weighted by Crippen LogP contribution is -2.16. The van der Waals surface area contributed by atoms with Gasteiger partial charge in [-0.25, -0.2) is 9.97 Å². The molecule has 1 aromatic carbocycles. The van der Waals surface area contributed by atoms with Crippen molar-refractivity contribution in [1.29, 1.82) is 0 Å². The van der Waals surface area contributed by atoms with Crippen LogP contribution in [0.2, 0.25) is 0 Å². The number of fused-ring (bicyclic) bond motifs is 1. The molecule has 0 aliphatic heterocycles. The summed E-state index contributed by atoms with van der Waals surface area (Å²) in [4.78, 5) is 12.4. The number of amidine groups is 1. The average molecular weight is 281 g/mol. The summed E-state index contributed by atoms with van der Waals surface area (Å²) >= 11 is 0. The van der Waals surface area contributed by atoms with E-state index in [2.05, 4.69) is 20.1 Å². The number of hydrogen-bond acceptors (Lipinski definition) is 6. The fourth-order valence-corrected chi connectivity index (χ4v) is 1.89. The molecule has 0 fully saturated rings. The maximum Gasteiger partial charge on any atom is 0.249 e. The fraction of sp³-hybridized carbons (Fsp3) is 0. The molecule has 0 atom stereocenters. The van der Waals surface area contributed by atoms with Gasteiger partial charge in [0, 0.05) is 24.0 Å². The van der Waals surface area contributed by atoms with Gasteiger partial charge in [0.05, 0.1) is 0 Å². The number of pyridine rings is 1. The van der Waals surface area contributed by atoms with E-state index in [0.29, 0.717) is 11.3 Å². The molecule has 21 heavy (non-hydrogen) atoms. The average Bonchev–Trinajstić information content (AvgIpc) is 2.55. The summed E-state index contributed by atoms with van der Waals surface area (Å²) < 4.78 is 5.74. The molecule has 3 aromatic rings. The van der Waals surface area contributed by atoms with Crippen molar-refractivity contribution in [2.45, 2.75) is 0 Å². The zero-order valence-electron chi connectivity index (χ0n) is 10.8. The highest BCUT2D eigenvalue weighted by atomic mass is 16.5. The zero-order chi connectivity index (χ0) is 14.7. The summed E-state index contributed by atoms with van der Waals surface area (Å²) in [7, 11) is 0. The molecule has 3 N–H and O–H groups in total. The molecule has 0 saturated carbocycles. The number of rotatable bonds is 3. The molecule has 0 unspecified atom stereocenters. The van der Waals surface area contributed by atoms with E-state index in [4.69, 9.17) is 15.7 Å². The van der Waals surface area contributed by atoms with E-state index in [0.717, 1.165) is 5.39 Å². The first-order valence-electron chi connectivity index (χ1n) is 6.10. The quantitative estimate of drug-likeness (QED) is 0.329. The van der Waals surface area contributed by atoms with Crippen molar-refractivity contribution in [3.05, 3.63) is 54.6 Å². The lowest BCUT2D eigenvalue weighted by atomic mass is 10.2. The Kier molecular flexibility index (Phi) is 3.30. The first kappa shape index (κ1) is 12.8. The summed E-state index contributed by atoms with van der Waals surface area (Å²) in [6.07, 6.45) is 4.57. The molecule has 0 bridgehead atoms. The molecule has 104 valence electrons. The van der Waals surface area contributed by atoms with Crippen LogP contribution in [-0.4, -0.2) is 26.0 Å². The van der Waals surface area contributed by atoms with Crippen LogP contribution in [0.5, 0.6) is 11.6 Å². The van der Waals surface area contributed by atoms with Gasteiger partial charge >= 0.3 is 0 Å². The summed E-state index contributed by atoms with van der Waals surface area (Å²) in [5.74, 6) is 0.484. The summed E-state index contributed by atoms with van der Waals surface area (Å²) in [6.45, 7) is 0. The van der Waals surface area contributed by atoms with E-state index >= 15 is 0 Å². The number of para-hydroxylation sites is 1. The van der Waals surface area contributed by atoms with Crippen LogP contribution in [0.15, 0.2) is 54.1 Å². The molecule has 0 spiro atoms. The van der Waals surface area contributed by atoms with Crippen molar-refractivity contribution in [3.63, 3.8) is 0 Å². The normalized spacial score (nSPS) is 11.5. The van der Waals surface area contributed by atoms with E-state index < -0.39 is 0 Å². The Bertz CT molecular complexity index is 814. The summed E-state index contributed by atoms with van der Waals surface area (Å²) in [5.41, 5.74) is 6.41. The maximum absolute atomic E-state index is 8.78. The van der Waals surface area contributed by atoms with Crippen LogP contribution in [-0.2, 0) is 0 Å². The highest BCUT2D eigenvalue weighted by Gasteiger charge is 2.13. The molecule has 0 amide bonds. The number of aromatic nitrogens is 3. The van der Waals surface area contributed by atoms with Crippen molar-refractivity contribution < 1.29 is 9.94 Å².